The van der Waals surface area contributed by atoms with Gasteiger partial charge >= 0.3 is 0 Å². The Hall–Kier alpha value is 0.170. The van der Waals surface area contributed by atoms with Gasteiger partial charge in [0.2, 0.25) is 0 Å². The molecule has 1 rings (SSSR count). The monoisotopic (exact) mass is 208 g/mol. The number of rotatable bonds is 6. The molecule has 1 aliphatic heterocycles. The molecular weight excluding hydrogens is 192 g/mol. The lowest BCUT2D eigenvalue weighted by Gasteiger charge is -2.22. The zero-order valence-electron chi connectivity index (χ0n) is 7.84. The summed E-state index contributed by atoms with van der Waals surface area (Å²) in [4.78, 5) is 0. The van der Waals surface area contributed by atoms with Crippen LogP contribution in [-0.2, 0) is 14.2 Å². The molecular formula is C9H17ClO3. The highest BCUT2D eigenvalue weighted by molar-refractivity contribution is 6.17. The van der Waals surface area contributed by atoms with Crippen molar-refractivity contribution >= 4 is 11.6 Å². The molecule has 0 amide bonds. The molecule has 1 heterocycles. The third kappa shape index (κ3) is 5.47. The standard InChI is InChI=1S/C9H17ClO3/c10-4-6-11-7-8-13-9-3-1-2-5-12-9/h9H,1-8H2/t9-/m0/s1. The van der Waals surface area contributed by atoms with E-state index in [1.165, 1.54) is 6.42 Å². The normalized spacial score (nSPS) is 23.3. The molecule has 1 atom stereocenters. The fourth-order valence-electron chi connectivity index (χ4n) is 1.24. The SMILES string of the molecule is ClCCOCCO[C@H]1CCCCO1. The summed E-state index contributed by atoms with van der Waals surface area (Å²) < 4.78 is 16.0. The van der Waals surface area contributed by atoms with Crippen molar-refractivity contribution in [3.63, 3.8) is 0 Å². The molecule has 4 heteroatoms. The van der Waals surface area contributed by atoms with E-state index in [0.29, 0.717) is 25.7 Å². The van der Waals surface area contributed by atoms with E-state index in [4.69, 9.17) is 25.8 Å². The van der Waals surface area contributed by atoms with E-state index in [2.05, 4.69) is 0 Å². The summed E-state index contributed by atoms with van der Waals surface area (Å²) in [5.74, 6) is 0.542. The Morgan fingerprint density at radius 1 is 1.23 bits per heavy atom. The van der Waals surface area contributed by atoms with Crippen LogP contribution in [0.1, 0.15) is 19.3 Å². The molecule has 13 heavy (non-hydrogen) atoms. The van der Waals surface area contributed by atoms with Crippen LogP contribution in [0.25, 0.3) is 0 Å². The van der Waals surface area contributed by atoms with E-state index in [1.54, 1.807) is 0 Å². The molecule has 0 unspecified atom stereocenters. The number of ether oxygens (including phenoxy) is 3. The van der Waals surface area contributed by atoms with Crippen molar-refractivity contribution in [3.8, 4) is 0 Å². The number of halogens is 1. The molecule has 0 N–H and O–H groups in total. The van der Waals surface area contributed by atoms with Crippen molar-refractivity contribution in [2.24, 2.45) is 0 Å². The molecule has 0 aromatic heterocycles. The van der Waals surface area contributed by atoms with Gasteiger partial charge in [0.1, 0.15) is 0 Å². The summed E-state index contributed by atoms with van der Waals surface area (Å²) in [7, 11) is 0. The Balaban J connectivity index is 1.86. The van der Waals surface area contributed by atoms with Crippen LogP contribution in [-0.4, -0.2) is 38.6 Å². The Bertz CT molecular complexity index is 115. The van der Waals surface area contributed by atoms with Crippen LogP contribution in [0.5, 0.6) is 0 Å². The van der Waals surface area contributed by atoms with Crippen LogP contribution in [0, 0.1) is 0 Å². The van der Waals surface area contributed by atoms with Gasteiger partial charge in [0, 0.05) is 12.5 Å². The fourth-order valence-corrected chi connectivity index (χ4v) is 1.35. The minimum atomic E-state index is -0.00616. The molecule has 0 aliphatic carbocycles. The largest absolute Gasteiger partial charge is 0.378 e. The van der Waals surface area contributed by atoms with Gasteiger partial charge in [-0.15, -0.1) is 11.6 Å². The Morgan fingerprint density at radius 3 is 2.85 bits per heavy atom. The maximum atomic E-state index is 5.44. The molecule has 0 spiro atoms. The predicted octanol–water partition coefficient (Wildman–Crippen LogP) is 1.78. The van der Waals surface area contributed by atoms with Crippen molar-refractivity contribution in [1.82, 2.24) is 0 Å². The molecule has 0 aromatic carbocycles. The van der Waals surface area contributed by atoms with E-state index >= 15 is 0 Å². The Kier molecular flexibility index (Phi) is 6.54. The van der Waals surface area contributed by atoms with Gasteiger partial charge in [-0.3, -0.25) is 0 Å². The van der Waals surface area contributed by atoms with Crippen molar-refractivity contribution < 1.29 is 14.2 Å². The topological polar surface area (TPSA) is 27.7 Å². The Labute approximate surface area is 84.3 Å². The van der Waals surface area contributed by atoms with Crippen LogP contribution in [0.3, 0.4) is 0 Å². The van der Waals surface area contributed by atoms with Crippen molar-refractivity contribution in [2.45, 2.75) is 25.6 Å². The number of alkyl halides is 1. The third-order valence-electron chi connectivity index (χ3n) is 1.89. The van der Waals surface area contributed by atoms with Crippen LogP contribution in [0.4, 0.5) is 0 Å². The highest BCUT2D eigenvalue weighted by atomic mass is 35.5. The quantitative estimate of drug-likeness (QED) is 0.492. The first-order valence-corrected chi connectivity index (χ1v) is 5.34. The molecule has 1 saturated heterocycles. The maximum Gasteiger partial charge on any atom is 0.157 e. The van der Waals surface area contributed by atoms with E-state index in [0.717, 1.165) is 19.4 Å². The van der Waals surface area contributed by atoms with Gasteiger partial charge in [0.25, 0.3) is 0 Å². The first kappa shape index (κ1) is 11.2. The highest BCUT2D eigenvalue weighted by Gasteiger charge is 2.13. The van der Waals surface area contributed by atoms with E-state index < -0.39 is 0 Å². The Morgan fingerprint density at radius 2 is 2.15 bits per heavy atom. The lowest BCUT2D eigenvalue weighted by atomic mass is 10.2. The second-order valence-electron chi connectivity index (χ2n) is 2.97. The highest BCUT2D eigenvalue weighted by Crippen LogP contribution is 2.13. The van der Waals surface area contributed by atoms with E-state index in [1.807, 2.05) is 0 Å². The average Bonchev–Trinajstić information content (AvgIpc) is 2.19. The molecule has 1 aliphatic rings. The van der Waals surface area contributed by atoms with Crippen LogP contribution >= 0.6 is 11.6 Å². The van der Waals surface area contributed by atoms with Gasteiger partial charge in [-0.1, -0.05) is 0 Å². The summed E-state index contributed by atoms with van der Waals surface area (Å²) in [5.41, 5.74) is 0. The summed E-state index contributed by atoms with van der Waals surface area (Å²) in [6.45, 7) is 2.62. The van der Waals surface area contributed by atoms with Gasteiger partial charge in [-0.2, -0.15) is 0 Å². The molecule has 0 saturated carbocycles. The van der Waals surface area contributed by atoms with Gasteiger partial charge in [0.15, 0.2) is 6.29 Å². The molecule has 0 radical (unpaired) electrons. The van der Waals surface area contributed by atoms with Gasteiger partial charge in [-0.05, 0) is 19.3 Å². The molecule has 3 nitrogen and oxygen atoms in total. The molecule has 0 aromatic rings. The summed E-state index contributed by atoms with van der Waals surface area (Å²) in [6, 6.07) is 0. The van der Waals surface area contributed by atoms with Crippen molar-refractivity contribution in [1.29, 1.82) is 0 Å². The first-order valence-electron chi connectivity index (χ1n) is 4.80. The van der Waals surface area contributed by atoms with Crippen LogP contribution < -0.4 is 0 Å². The minimum absolute atomic E-state index is 0.00616. The zero-order chi connectivity index (χ0) is 9.36. The minimum Gasteiger partial charge on any atom is -0.378 e. The summed E-state index contributed by atoms with van der Waals surface area (Å²) >= 11 is 5.44. The molecule has 1 fully saturated rings. The second-order valence-corrected chi connectivity index (χ2v) is 3.35. The smallest absolute Gasteiger partial charge is 0.157 e. The maximum absolute atomic E-state index is 5.44. The zero-order valence-corrected chi connectivity index (χ0v) is 8.59. The van der Waals surface area contributed by atoms with Crippen LogP contribution in [0.2, 0.25) is 0 Å². The van der Waals surface area contributed by atoms with Crippen molar-refractivity contribution in [2.75, 3.05) is 32.3 Å². The number of hydrogen-bond donors (Lipinski definition) is 0. The molecule has 78 valence electrons. The van der Waals surface area contributed by atoms with Gasteiger partial charge < -0.3 is 14.2 Å². The summed E-state index contributed by atoms with van der Waals surface area (Å²) in [6.07, 6.45) is 3.36. The van der Waals surface area contributed by atoms with E-state index in [-0.39, 0.29) is 6.29 Å². The lowest BCUT2D eigenvalue weighted by molar-refractivity contribution is -0.168. The first-order chi connectivity index (χ1) is 6.43. The molecule has 0 bridgehead atoms. The van der Waals surface area contributed by atoms with Crippen molar-refractivity contribution in [3.05, 3.63) is 0 Å². The predicted molar refractivity (Wildman–Crippen MR) is 51.1 cm³/mol. The van der Waals surface area contributed by atoms with E-state index in [9.17, 15) is 0 Å². The van der Waals surface area contributed by atoms with Gasteiger partial charge in [-0.25, -0.2) is 0 Å². The third-order valence-corrected chi connectivity index (χ3v) is 2.05. The number of hydrogen-bond acceptors (Lipinski definition) is 3. The fraction of sp³-hybridized carbons (Fsp3) is 1.00. The lowest BCUT2D eigenvalue weighted by Crippen LogP contribution is -2.24. The summed E-state index contributed by atoms with van der Waals surface area (Å²) in [5, 5.41) is 0. The van der Waals surface area contributed by atoms with Crippen LogP contribution in [0.15, 0.2) is 0 Å². The second kappa shape index (κ2) is 7.56. The average molecular weight is 209 g/mol. The van der Waals surface area contributed by atoms with Gasteiger partial charge in [0.05, 0.1) is 19.8 Å².